The molecule has 180 valence electrons. The van der Waals surface area contributed by atoms with E-state index in [-0.39, 0.29) is 0 Å². The van der Waals surface area contributed by atoms with E-state index in [9.17, 15) is 35.1 Å². The number of aryl methyl sites for hydroxylation is 2. The number of halogens is 8. The summed E-state index contributed by atoms with van der Waals surface area (Å²) >= 11 is 1.35. The molecule has 2 aromatic rings. The lowest BCUT2D eigenvalue weighted by molar-refractivity contribution is -0.249. The Balaban J connectivity index is 0.00000249. The zero-order chi connectivity index (χ0) is 25.1. The van der Waals surface area contributed by atoms with Gasteiger partial charge in [0.2, 0.25) is 0 Å². The molecular formula is C20H23F8N3S. The first-order chi connectivity index (χ1) is 14.6. The second-order valence-electron chi connectivity index (χ2n) is 6.34. The van der Waals surface area contributed by atoms with Crippen molar-refractivity contribution < 1.29 is 35.1 Å². The highest BCUT2D eigenvalue weighted by atomic mass is 32.1. The van der Waals surface area contributed by atoms with Crippen LogP contribution in [0.4, 0.5) is 35.1 Å². The van der Waals surface area contributed by atoms with Gasteiger partial charge in [0, 0.05) is 28.6 Å². The SMILES string of the molecule is CC.CC/C(=C(\C(=NC)C(F)(F)C(F)(F)F)C(F)(F)F)n1cc(-c2cc(C)c(C)s2)cn1. The second kappa shape index (κ2) is 10.1. The number of nitrogens with zero attached hydrogens (tertiary/aromatic N) is 3. The van der Waals surface area contributed by atoms with Crippen molar-refractivity contribution in [1.29, 1.82) is 0 Å². The summed E-state index contributed by atoms with van der Waals surface area (Å²) in [6.07, 6.45) is -9.92. The van der Waals surface area contributed by atoms with Crippen molar-refractivity contribution in [2.24, 2.45) is 4.99 Å². The Morgan fingerprint density at radius 3 is 2.00 bits per heavy atom. The van der Waals surface area contributed by atoms with Gasteiger partial charge in [-0.3, -0.25) is 4.99 Å². The Morgan fingerprint density at radius 2 is 1.62 bits per heavy atom. The highest BCUT2D eigenvalue weighted by molar-refractivity contribution is 7.15. The van der Waals surface area contributed by atoms with Crippen LogP contribution < -0.4 is 0 Å². The molecule has 0 amide bonds. The van der Waals surface area contributed by atoms with E-state index in [2.05, 4.69) is 10.1 Å². The zero-order valence-electron chi connectivity index (χ0n) is 18.2. The highest BCUT2D eigenvalue weighted by Crippen LogP contribution is 2.44. The lowest BCUT2D eigenvalue weighted by atomic mass is 9.99. The lowest BCUT2D eigenvalue weighted by Gasteiger charge is -2.26. The molecule has 0 N–H and O–H groups in total. The molecule has 0 fully saturated rings. The van der Waals surface area contributed by atoms with Crippen molar-refractivity contribution in [2.45, 2.75) is 59.3 Å². The van der Waals surface area contributed by atoms with Gasteiger partial charge in [0.05, 0.1) is 11.9 Å². The molecule has 0 spiro atoms. The van der Waals surface area contributed by atoms with Gasteiger partial charge in [0.15, 0.2) is 0 Å². The van der Waals surface area contributed by atoms with E-state index < -0.39 is 41.7 Å². The molecule has 0 radical (unpaired) electrons. The molecule has 2 aromatic heterocycles. The third-order valence-corrected chi connectivity index (χ3v) is 5.53. The van der Waals surface area contributed by atoms with Gasteiger partial charge in [-0.1, -0.05) is 20.8 Å². The van der Waals surface area contributed by atoms with Crippen LogP contribution in [0.25, 0.3) is 16.1 Å². The van der Waals surface area contributed by atoms with E-state index in [0.717, 1.165) is 16.6 Å². The fourth-order valence-corrected chi connectivity index (χ4v) is 3.75. The smallest absolute Gasteiger partial charge is 0.286 e. The average Bonchev–Trinajstić information content (AvgIpc) is 3.29. The highest BCUT2D eigenvalue weighted by Gasteiger charge is 2.64. The van der Waals surface area contributed by atoms with E-state index in [4.69, 9.17) is 0 Å². The van der Waals surface area contributed by atoms with Gasteiger partial charge in [-0.25, -0.2) is 4.68 Å². The van der Waals surface area contributed by atoms with Gasteiger partial charge in [-0.2, -0.15) is 40.2 Å². The summed E-state index contributed by atoms with van der Waals surface area (Å²) in [5.74, 6) is -5.80. The summed E-state index contributed by atoms with van der Waals surface area (Å²) in [5.41, 5.74) is -4.10. The summed E-state index contributed by atoms with van der Waals surface area (Å²) in [5, 5.41) is 3.78. The molecule has 0 atom stereocenters. The topological polar surface area (TPSA) is 30.2 Å². The summed E-state index contributed by atoms with van der Waals surface area (Å²) in [4.78, 5) is 4.33. The fourth-order valence-electron chi connectivity index (χ4n) is 2.74. The Hall–Kier alpha value is -2.24. The third-order valence-electron chi connectivity index (χ3n) is 4.33. The van der Waals surface area contributed by atoms with Gasteiger partial charge in [0.1, 0.15) is 11.3 Å². The minimum atomic E-state index is -6.25. The predicted octanol–water partition coefficient (Wildman–Crippen LogP) is 7.71. The van der Waals surface area contributed by atoms with Crippen LogP contribution in [0.15, 0.2) is 29.0 Å². The molecule has 0 aliphatic heterocycles. The molecule has 0 aliphatic rings. The molecule has 3 nitrogen and oxygen atoms in total. The average molecular weight is 489 g/mol. The molecule has 0 saturated carbocycles. The Kier molecular flexibility index (Phi) is 8.80. The lowest BCUT2D eigenvalue weighted by Crippen LogP contribution is -2.47. The minimum Gasteiger partial charge on any atom is -0.286 e. The van der Waals surface area contributed by atoms with E-state index in [0.29, 0.717) is 22.2 Å². The van der Waals surface area contributed by atoms with Gasteiger partial charge in [-0.05, 0) is 31.9 Å². The molecule has 0 aliphatic carbocycles. The van der Waals surface area contributed by atoms with Crippen LogP contribution in [0.1, 0.15) is 37.6 Å². The van der Waals surface area contributed by atoms with Crippen molar-refractivity contribution in [3.63, 3.8) is 0 Å². The predicted molar refractivity (Wildman–Crippen MR) is 110 cm³/mol. The number of rotatable bonds is 5. The third kappa shape index (κ3) is 5.57. The van der Waals surface area contributed by atoms with E-state index in [1.165, 1.54) is 24.5 Å². The molecular weight excluding hydrogens is 466 g/mol. The number of hydrogen-bond acceptors (Lipinski definition) is 3. The van der Waals surface area contributed by atoms with E-state index in [1.807, 2.05) is 27.7 Å². The monoisotopic (exact) mass is 489 g/mol. The van der Waals surface area contributed by atoms with Crippen LogP contribution in [0.3, 0.4) is 0 Å². The maximum absolute atomic E-state index is 13.9. The van der Waals surface area contributed by atoms with Gasteiger partial charge >= 0.3 is 18.3 Å². The van der Waals surface area contributed by atoms with E-state index >= 15 is 0 Å². The summed E-state index contributed by atoms with van der Waals surface area (Å²) in [6, 6.07) is 1.78. The number of alkyl halides is 8. The molecule has 0 aromatic carbocycles. The standard InChI is InChI=1S/C18H17F8N3S.C2H6/c1-5-12(29-8-11(7-28-29)13-6-9(2)10(3)30-13)14(17(21,22)23)15(27-4)16(19,20)18(24,25)26;1-2/h6-8H,5H2,1-4H3;1-2H3/b14-12-,27-15?;. The molecule has 32 heavy (non-hydrogen) atoms. The van der Waals surface area contributed by atoms with Crippen molar-refractivity contribution in [3.8, 4) is 10.4 Å². The van der Waals surface area contributed by atoms with Gasteiger partial charge in [-0.15, -0.1) is 11.3 Å². The molecule has 0 bridgehead atoms. The summed E-state index contributed by atoms with van der Waals surface area (Å²) < 4.78 is 108. The van der Waals surface area contributed by atoms with Crippen molar-refractivity contribution in [3.05, 3.63) is 34.5 Å². The quantitative estimate of drug-likeness (QED) is 0.313. The molecule has 12 heteroatoms. The van der Waals surface area contributed by atoms with Crippen LogP contribution in [0.5, 0.6) is 0 Å². The molecule has 2 rings (SSSR count). The first-order valence-corrected chi connectivity index (χ1v) is 10.3. The van der Waals surface area contributed by atoms with Gasteiger partial charge in [0.25, 0.3) is 0 Å². The Bertz CT molecular complexity index is 958. The van der Waals surface area contributed by atoms with E-state index in [1.54, 1.807) is 6.07 Å². The van der Waals surface area contributed by atoms with Crippen LogP contribution in [0, 0.1) is 13.8 Å². The Morgan fingerprint density at radius 1 is 1.06 bits per heavy atom. The number of aromatic nitrogens is 2. The van der Waals surface area contributed by atoms with Gasteiger partial charge < -0.3 is 0 Å². The maximum Gasteiger partial charge on any atom is 0.459 e. The first-order valence-electron chi connectivity index (χ1n) is 9.50. The van der Waals surface area contributed by atoms with Crippen LogP contribution in [-0.2, 0) is 0 Å². The largest absolute Gasteiger partial charge is 0.459 e. The van der Waals surface area contributed by atoms with Crippen molar-refractivity contribution in [2.75, 3.05) is 7.05 Å². The first kappa shape index (κ1) is 27.8. The summed E-state index contributed by atoms with van der Waals surface area (Å²) in [6.45, 7) is 8.87. The summed E-state index contributed by atoms with van der Waals surface area (Å²) in [7, 11) is 0.458. The normalized spacial score (nSPS) is 14.1. The fraction of sp³-hybridized carbons (Fsp3) is 0.500. The van der Waals surface area contributed by atoms with Crippen LogP contribution in [0.2, 0.25) is 0 Å². The minimum absolute atomic E-state index is 0.404. The molecule has 0 saturated heterocycles. The molecule has 2 heterocycles. The maximum atomic E-state index is 13.9. The number of hydrogen-bond donors (Lipinski definition) is 0. The second-order valence-corrected chi connectivity index (χ2v) is 7.60. The van der Waals surface area contributed by atoms with Crippen molar-refractivity contribution in [1.82, 2.24) is 9.78 Å². The number of allylic oxidation sites excluding steroid dienone is 2. The number of aliphatic imine (C=N–C) groups is 1. The Labute approximate surface area is 184 Å². The van der Waals surface area contributed by atoms with Crippen LogP contribution >= 0.6 is 11.3 Å². The van der Waals surface area contributed by atoms with Crippen LogP contribution in [-0.4, -0.2) is 40.8 Å². The molecule has 0 unspecified atom stereocenters. The number of thiophene rings is 1. The van der Waals surface area contributed by atoms with Crippen molar-refractivity contribution >= 4 is 22.7 Å². The zero-order valence-corrected chi connectivity index (χ0v) is 19.0.